The van der Waals surface area contributed by atoms with Crippen LogP contribution in [0.1, 0.15) is 113 Å². The highest BCUT2D eigenvalue weighted by atomic mass is 16.5. The molecule has 2 aliphatic heterocycles. The molecule has 0 aromatic heterocycles. The fourth-order valence-electron chi connectivity index (χ4n) is 12.7. The summed E-state index contributed by atoms with van der Waals surface area (Å²) in [5.41, 5.74) is 1.52. The third-order valence-corrected chi connectivity index (χ3v) is 15.2. The second-order valence-corrected chi connectivity index (χ2v) is 18.2. The van der Waals surface area contributed by atoms with Gasteiger partial charge in [-0.3, -0.25) is 0 Å². The monoisotopic (exact) mass is 558 g/mol. The molecule has 0 aromatic rings. The number of rotatable bonds is 5. The lowest BCUT2D eigenvalue weighted by atomic mass is 9.31. The maximum atomic E-state index is 13.1. The molecule has 7 aliphatic rings. The number of aliphatic hydroxyl groups is 1. The highest BCUT2D eigenvalue weighted by Gasteiger charge is 2.75. The van der Waals surface area contributed by atoms with Crippen molar-refractivity contribution in [2.75, 3.05) is 33.8 Å². The van der Waals surface area contributed by atoms with Gasteiger partial charge in [-0.05, 0) is 104 Å². The third kappa shape index (κ3) is 3.84. The molecule has 40 heavy (non-hydrogen) atoms. The van der Waals surface area contributed by atoms with E-state index in [0.717, 1.165) is 24.2 Å². The first-order valence-electron chi connectivity index (χ1n) is 16.8. The van der Waals surface area contributed by atoms with Crippen molar-refractivity contribution in [2.45, 2.75) is 130 Å². The van der Waals surface area contributed by atoms with E-state index in [9.17, 15) is 9.90 Å². The minimum atomic E-state index is -0.110. The van der Waals surface area contributed by atoms with Crippen LogP contribution >= 0.6 is 0 Å². The zero-order valence-corrected chi connectivity index (χ0v) is 27.3. The van der Waals surface area contributed by atoms with E-state index in [1.807, 2.05) is 14.1 Å². The Kier molecular flexibility index (Phi) is 6.58. The second-order valence-electron chi connectivity index (χ2n) is 18.2. The molecule has 2 bridgehead atoms. The molecule has 2 saturated heterocycles. The Morgan fingerprint density at radius 1 is 0.850 bits per heavy atom. The molecule has 10 atom stereocenters. The van der Waals surface area contributed by atoms with Crippen molar-refractivity contribution in [2.24, 2.45) is 50.7 Å². The van der Waals surface area contributed by atoms with Crippen LogP contribution in [0.15, 0.2) is 0 Å². The SMILES string of the molecule is CC1(C)CC[C@]23CC[C@]4(C)C(CCC5[C@@]6(C)CC[C@H](OC(=O)C[N+](C)(C)CCO)C(C)(C)C6CC[C@]54C)C2[C@@H]1O3. The highest BCUT2D eigenvalue weighted by molar-refractivity contribution is 5.70. The number of hydrogen-bond donors (Lipinski definition) is 1. The number of fused-ring (bicyclic) bond motifs is 7. The van der Waals surface area contributed by atoms with Crippen molar-refractivity contribution in [3.63, 3.8) is 0 Å². The van der Waals surface area contributed by atoms with E-state index in [-0.39, 0.29) is 29.7 Å². The first-order chi connectivity index (χ1) is 18.5. The van der Waals surface area contributed by atoms with Gasteiger partial charge in [0.15, 0.2) is 6.54 Å². The Morgan fingerprint density at radius 2 is 1.55 bits per heavy atom. The van der Waals surface area contributed by atoms with E-state index in [2.05, 4.69) is 48.5 Å². The Bertz CT molecular complexity index is 1030. The average molecular weight is 559 g/mol. The molecular formula is C35H60NO4+. The number of likely N-dealkylation sites (N-methyl/N-ethyl adjacent to an activating group) is 1. The van der Waals surface area contributed by atoms with Crippen LogP contribution in [0.4, 0.5) is 0 Å². The molecule has 0 amide bonds. The number of carbonyl (C=O) groups is 1. The van der Waals surface area contributed by atoms with Gasteiger partial charge in [-0.1, -0.05) is 48.5 Å². The number of carbonyl (C=O) groups excluding carboxylic acids is 1. The first-order valence-corrected chi connectivity index (χ1v) is 16.8. The van der Waals surface area contributed by atoms with Crippen LogP contribution in [0.3, 0.4) is 0 Å². The molecular weight excluding hydrogens is 498 g/mol. The minimum Gasteiger partial charge on any atom is -0.458 e. The van der Waals surface area contributed by atoms with Crippen LogP contribution in [0.25, 0.3) is 0 Å². The number of nitrogens with zero attached hydrogens (tertiary/aromatic N) is 1. The van der Waals surface area contributed by atoms with E-state index in [1.165, 1.54) is 57.8 Å². The van der Waals surface area contributed by atoms with Crippen molar-refractivity contribution in [1.29, 1.82) is 0 Å². The third-order valence-electron chi connectivity index (χ3n) is 15.2. The first kappa shape index (κ1) is 29.4. The van der Waals surface area contributed by atoms with Gasteiger partial charge < -0.3 is 19.1 Å². The van der Waals surface area contributed by atoms with E-state index in [4.69, 9.17) is 9.47 Å². The molecule has 5 heteroatoms. The van der Waals surface area contributed by atoms with Crippen molar-refractivity contribution in [1.82, 2.24) is 0 Å². The molecule has 0 radical (unpaired) electrons. The van der Waals surface area contributed by atoms with E-state index in [0.29, 0.717) is 51.3 Å². The maximum absolute atomic E-state index is 13.1. The van der Waals surface area contributed by atoms with Crippen LogP contribution in [-0.2, 0) is 14.3 Å². The standard InChI is InChI=1S/C35H60NO4/c1-30(2)16-18-35-19-17-33(6)23(28(35)29(30)40-35)10-11-25-32(5)14-13-26(39-27(38)22-36(8,9)20-21-37)31(3,4)24(32)12-15-34(25,33)7/h23-26,28-29,37H,10-22H2,1-9H3/q+1/t23?,24?,25?,26-,28?,29-,32-,33+,34+,35-/m0/s1. The summed E-state index contributed by atoms with van der Waals surface area (Å²) in [4.78, 5) is 13.1. The normalized spacial score (nSPS) is 50.4. The predicted molar refractivity (Wildman–Crippen MR) is 158 cm³/mol. The molecule has 1 N–H and O–H groups in total. The molecule has 228 valence electrons. The van der Waals surface area contributed by atoms with Crippen molar-refractivity contribution in [3.8, 4) is 0 Å². The maximum Gasteiger partial charge on any atom is 0.362 e. The van der Waals surface area contributed by atoms with Gasteiger partial charge in [0.2, 0.25) is 0 Å². The largest absolute Gasteiger partial charge is 0.458 e. The molecule has 4 unspecified atom stereocenters. The molecule has 5 aliphatic carbocycles. The number of hydrogen-bond acceptors (Lipinski definition) is 4. The molecule has 0 aromatic carbocycles. The molecule has 2 heterocycles. The number of quaternary nitrogens is 1. The lowest BCUT2D eigenvalue weighted by Crippen LogP contribution is -2.77. The summed E-state index contributed by atoms with van der Waals surface area (Å²) in [6.07, 6.45) is 13.1. The fourth-order valence-corrected chi connectivity index (χ4v) is 12.7. The van der Waals surface area contributed by atoms with E-state index >= 15 is 0 Å². The summed E-state index contributed by atoms with van der Waals surface area (Å²) in [5, 5.41) is 9.40. The fraction of sp³-hybridized carbons (Fsp3) is 0.971. The zero-order valence-electron chi connectivity index (χ0n) is 27.3. The minimum absolute atomic E-state index is 0.0215. The molecule has 7 fully saturated rings. The topological polar surface area (TPSA) is 55.8 Å². The summed E-state index contributed by atoms with van der Waals surface area (Å²) >= 11 is 0. The van der Waals surface area contributed by atoms with Crippen LogP contribution in [0, 0.1) is 50.7 Å². The number of ether oxygens (including phenoxy) is 2. The zero-order chi connectivity index (χ0) is 29.1. The van der Waals surface area contributed by atoms with Crippen LogP contribution < -0.4 is 0 Å². The Labute approximate surface area is 244 Å². The summed E-state index contributed by atoms with van der Waals surface area (Å²) in [6.45, 7) is 18.8. The van der Waals surface area contributed by atoms with Gasteiger partial charge in [0, 0.05) is 11.3 Å². The van der Waals surface area contributed by atoms with E-state index < -0.39 is 0 Å². The van der Waals surface area contributed by atoms with Gasteiger partial charge in [-0.2, -0.15) is 0 Å². The van der Waals surface area contributed by atoms with Gasteiger partial charge in [-0.25, -0.2) is 4.79 Å². The van der Waals surface area contributed by atoms with E-state index in [1.54, 1.807) is 0 Å². The summed E-state index contributed by atoms with van der Waals surface area (Å²) in [6, 6.07) is 0. The predicted octanol–water partition coefficient (Wildman–Crippen LogP) is 6.61. The quantitative estimate of drug-likeness (QED) is 0.305. The lowest BCUT2D eigenvalue weighted by Gasteiger charge is -2.77. The van der Waals surface area contributed by atoms with Gasteiger partial charge in [0.25, 0.3) is 0 Å². The Balaban J connectivity index is 1.23. The molecule has 5 saturated carbocycles. The van der Waals surface area contributed by atoms with Crippen molar-refractivity contribution < 1.29 is 23.9 Å². The molecule has 7 rings (SSSR count). The molecule has 5 nitrogen and oxygen atoms in total. The van der Waals surface area contributed by atoms with Gasteiger partial charge >= 0.3 is 5.97 Å². The number of esters is 1. The van der Waals surface area contributed by atoms with Crippen molar-refractivity contribution >= 4 is 5.97 Å². The van der Waals surface area contributed by atoms with Gasteiger partial charge in [0.05, 0.1) is 32.4 Å². The molecule has 1 spiro atoms. The Hall–Kier alpha value is -0.650. The number of aliphatic hydroxyl groups excluding tert-OH is 1. The highest BCUT2D eigenvalue weighted by Crippen LogP contribution is 2.78. The van der Waals surface area contributed by atoms with Gasteiger partial charge in [-0.15, -0.1) is 0 Å². The Morgan fingerprint density at radius 3 is 2.23 bits per heavy atom. The lowest BCUT2D eigenvalue weighted by molar-refractivity contribution is -0.883. The van der Waals surface area contributed by atoms with Gasteiger partial charge in [0.1, 0.15) is 12.6 Å². The second kappa shape index (κ2) is 8.94. The van der Waals surface area contributed by atoms with Crippen molar-refractivity contribution in [3.05, 3.63) is 0 Å². The average Bonchev–Trinajstić information content (AvgIpc) is 2.81. The summed E-state index contributed by atoms with van der Waals surface area (Å²) in [5.74, 6) is 2.76. The van der Waals surface area contributed by atoms with Crippen LogP contribution in [0.2, 0.25) is 0 Å². The summed E-state index contributed by atoms with van der Waals surface area (Å²) in [7, 11) is 3.99. The van der Waals surface area contributed by atoms with Crippen LogP contribution in [0.5, 0.6) is 0 Å². The smallest absolute Gasteiger partial charge is 0.362 e. The van der Waals surface area contributed by atoms with Crippen LogP contribution in [-0.4, -0.2) is 67.2 Å². The summed E-state index contributed by atoms with van der Waals surface area (Å²) < 4.78 is 13.6.